The molecule has 0 unspecified atom stereocenters. The Kier molecular flexibility index (Phi) is 4.17. The van der Waals surface area contributed by atoms with Gasteiger partial charge in [-0.2, -0.15) is 4.57 Å². The monoisotopic (exact) mass is 295 g/mol. The van der Waals surface area contributed by atoms with Crippen molar-refractivity contribution in [2.24, 2.45) is 0 Å². The second-order valence-corrected chi connectivity index (χ2v) is 5.08. The van der Waals surface area contributed by atoms with E-state index in [1.807, 2.05) is 53.2 Å². The lowest BCUT2D eigenvalue weighted by atomic mass is 10.2. The van der Waals surface area contributed by atoms with Crippen molar-refractivity contribution >= 4 is 12.6 Å². The van der Waals surface area contributed by atoms with Crippen molar-refractivity contribution in [3.05, 3.63) is 78.8 Å². The summed E-state index contributed by atoms with van der Waals surface area (Å²) in [6, 6.07) is 17.9. The number of aromatic nitrogens is 2. The predicted octanol–water partition coefficient (Wildman–Crippen LogP) is 3.50. The summed E-state index contributed by atoms with van der Waals surface area (Å²) >= 11 is 4.41. The van der Waals surface area contributed by atoms with E-state index in [9.17, 15) is 0 Å². The molecule has 1 heterocycles. The molecule has 4 heteroatoms. The van der Waals surface area contributed by atoms with Gasteiger partial charge in [-0.25, -0.2) is 4.98 Å². The fourth-order valence-corrected chi connectivity index (χ4v) is 2.23. The van der Waals surface area contributed by atoms with Crippen molar-refractivity contribution in [3.8, 4) is 11.6 Å². The Morgan fingerprint density at radius 1 is 1.00 bits per heavy atom. The average molecular weight is 295 g/mol. The van der Waals surface area contributed by atoms with Gasteiger partial charge < -0.3 is 4.74 Å². The first kappa shape index (κ1) is 13.6. The van der Waals surface area contributed by atoms with Gasteiger partial charge in [0.05, 0.1) is 6.20 Å². The third kappa shape index (κ3) is 3.41. The summed E-state index contributed by atoms with van der Waals surface area (Å²) < 4.78 is 7.95. The van der Waals surface area contributed by atoms with Crippen LogP contribution >= 0.6 is 12.6 Å². The summed E-state index contributed by atoms with van der Waals surface area (Å²) in [6.07, 6.45) is 5.37. The summed E-state index contributed by atoms with van der Waals surface area (Å²) in [6.45, 7) is 0.730. The molecule has 0 aliphatic carbocycles. The molecule has 1 aromatic heterocycles. The average Bonchev–Trinajstić information content (AvgIpc) is 2.52. The smallest absolute Gasteiger partial charge is 0.392 e. The fraction of sp³-hybridized carbons (Fsp3) is 0.0588. The third-order valence-corrected chi connectivity index (χ3v) is 3.45. The van der Waals surface area contributed by atoms with Crippen LogP contribution in [0.5, 0.6) is 11.6 Å². The van der Waals surface area contributed by atoms with Gasteiger partial charge in [-0.05, 0) is 12.1 Å². The first-order valence-electron chi connectivity index (χ1n) is 6.66. The van der Waals surface area contributed by atoms with Crippen molar-refractivity contribution in [1.29, 1.82) is 0 Å². The van der Waals surface area contributed by atoms with Gasteiger partial charge in [0.25, 0.3) is 0 Å². The lowest BCUT2D eigenvalue weighted by Crippen LogP contribution is -2.35. The van der Waals surface area contributed by atoms with Crippen LogP contribution in [0.2, 0.25) is 0 Å². The van der Waals surface area contributed by atoms with Gasteiger partial charge >= 0.3 is 5.88 Å². The molecule has 3 rings (SSSR count). The molecular weight excluding hydrogens is 280 g/mol. The van der Waals surface area contributed by atoms with Crippen LogP contribution in [-0.4, -0.2) is 4.98 Å². The highest BCUT2D eigenvalue weighted by Crippen LogP contribution is 2.25. The second kappa shape index (κ2) is 6.41. The first-order chi connectivity index (χ1) is 10.3. The van der Waals surface area contributed by atoms with E-state index in [-0.39, 0.29) is 0 Å². The molecule has 104 valence electrons. The summed E-state index contributed by atoms with van der Waals surface area (Å²) in [5.74, 6) is 1.40. The third-order valence-electron chi connectivity index (χ3n) is 3.08. The first-order valence-corrected chi connectivity index (χ1v) is 7.11. The maximum absolute atomic E-state index is 5.94. The fourth-order valence-electron chi connectivity index (χ4n) is 2.03. The van der Waals surface area contributed by atoms with Gasteiger partial charge in [0.2, 0.25) is 0 Å². The molecule has 0 saturated carbocycles. The molecular formula is C17H15N2OS+. The standard InChI is InChI=1S/C17H14N2OS/c21-16-9-5-4-8-15(16)20-17-12-18-10-11-19(17)13-14-6-2-1-3-7-14/h1-12H,13H2/p+1. The Morgan fingerprint density at radius 2 is 1.76 bits per heavy atom. The summed E-state index contributed by atoms with van der Waals surface area (Å²) in [4.78, 5) is 4.94. The minimum atomic E-state index is 0.683. The molecule has 0 bridgehead atoms. The number of benzene rings is 2. The zero-order valence-corrected chi connectivity index (χ0v) is 12.3. The van der Waals surface area contributed by atoms with E-state index in [4.69, 9.17) is 4.74 Å². The topological polar surface area (TPSA) is 26.0 Å². The number of rotatable bonds is 4. The van der Waals surface area contributed by atoms with E-state index in [2.05, 4.69) is 29.7 Å². The van der Waals surface area contributed by atoms with E-state index in [1.165, 1.54) is 5.56 Å². The van der Waals surface area contributed by atoms with E-state index < -0.39 is 0 Å². The van der Waals surface area contributed by atoms with Gasteiger partial charge in [-0.1, -0.05) is 42.5 Å². The van der Waals surface area contributed by atoms with Crippen LogP contribution < -0.4 is 9.30 Å². The molecule has 0 aliphatic heterocycles. The molecule has 2 aromatic carbocycles. The van der Waals surface area contributed by atoms with E-state index in [0.717, 1.165) is 17.2 Å². The van der Waals surface area contributed by atoms with E-state index >= 15 is 0 Å². The summed E-state index contributed by atoms with van der Waals surface area (Å²) in [5.41, 5.74) is 1.21. The number of ether oxygens (including phenoxy) is 1. The number of thiol groups is 1. The normalized spacial score (nSPS) is 10.3. The molecule has 0 N–H and O–H groups in total. The summed E-state index contributed by atoms with van der Waals surface area (Å²) in [5, 5.41) is 0. The highest BCUT2D eigenvalue weighted by Gasteiger charge is 2.14. The summed E-state index contributed by atoms with van der Waals surface area (Å²) in [7, 11) is 0. The lowest BCUT2D eigenvalue weighted by Gasteiger charge is -2.07. The largest absolute Gasteiger partial charge is 0.403 e. The Bertz CT molecular complexity index is 732. The van der Waals surface area contributed by atoms with E-state index in [1.54, 1.807) is 12.4 Å². The van der Waals surface area contributed by atoms with Gasteiger partial charge in [0.15, 0.2) is 12.7 Å². The highest BCUT2D eigenvalue weighted by molar-refractivity contribution is 7.80. The maximum Gasteiger partial charge on any atom is 0.392 e. The molecule has 3 aromatic rings. The maximum atomic E-state index is 5.94. The van der Waals surface area contributed by atoms with Crippen LogP contribution in [0.1, 0.15) is 5.56 Å². The molecule has 0 atom stereocenters. The zero-order valence-electron chi connectivity index (χ0n) is 11.4. The molecule has 0 aliphatic rings. The molecule has 0 saturated heterocycles. The minimum absolute atomic E-state index is 0.683. The lowest BCUT2D eigenvalue weighted by molar-refractivity contribution is -0.692. The van der Waals surface area contributed by atoms with Crippen LogP contribution in [-0.2, 0) is 6.54 Å². The van der Waals surface area contributed by atoms with Crippen molar-refractivity contribution in [2.45, 2.75) is 11.4 Å². The number of hydrogen-bond acceptors (Lipinski definition) is 3. The quantitative estimate of drug-likeness (QED) is 0.589. The molecule has 0 radical (unpaired) electrons. The number of para-hydroxylation sites is 1. The van der Waals surface area contributed by atoms with Crippen LogP contribution in [0.4, 0.5) is 0 Å². The number of nitrogens with zero attached hydrogens (tertiary/aromatic N) is 2. The Balaban J connectivity index is 1.88. The van der Waals surface area contributed by atoms with Crippen LogP contribution in [0, 0.1) is 0 Å². The van der Waals surface area contributed by atoms with Gasteiger partial charge in [-0.3, -0.25) is 0 Å². The van der Waals surface area contributed by atoms with Crippen molar-refractivity contribution in [3.63, 3.8) is 0 Å². The van der Waals surface area contributed by atoms with Gasteiger partial charge in [0.1, 0.15) is 11.9 Å². The second-order valence-electron chi connectivity index (χ2n) is 4.60. The van der Waals surface area contributed by atoms with Gasteiger partial charge in [0, 0.05) is 10.5 Å². The SMILES string of the molecule is Sc1ccccc1Oc1cncc[n+]1Cc1ccccc1. The van der Waals surface area contributed by atoms with Crippen LogP contribution in [0.25, 0.3) is 0 Å². The van der Waals surface area contributed by atoms with Crippen molar-refractivity contribution in [2.75, 3.05) is 0 Å². The van der Waals surface area contributed by atoms with Crippen molar-refractivity contribution in [1.82, 2.24) is 4.98 Å². The minimum Gasteiger partial charge on any atom is -0.403 e. The zero-order chi connectivity index (χ0) is 14.5. The Morgan fingerprint density at radius 3 is 2.57 bits per heavy atom. The molecule has 21 heavy (non-hydrogen) atoms. The molecule has 0 fully saturated rings. The predicted molar refractivity (Wildman–Crippen MR) is 83.7 cm³/mol. The molecule has 0 spiro atoms. The highest BCUT2D eigenvalue weighted by atomic mass is 32.1. The molecule has 3 nitrogen and oxygen atoms in total. The van der Waals surface area contributed by atoms with Crippen LogP contribution in [0.3, 0.4) is 0 Å². The van der Waals surface area contributed by atoms with E-state index in [0.29, 0.717) is 5.88 Å². The van der Waals surface area contributed by atoms with Crippen LogP contribution in [0.15, 0.2) is 78.1 Å². The van der Waals surface area contributed by atoms with Gasteiger partial charge in [-0.15, -0.1) is 12.6 Å². The Labute approximate surface area is 129 Å². The van der Waals surface area contributed by atoms with Crippen molar-refractivity contribution < 1.29 is 9.30 Å². The Hall–Kier alpha value is -2.33. The molecule has 0 amide bonds. The number of hydrogen-bond donors (Lipinski definition) is 1.